The summed E-state index contributed by atoms with van der Waals surface area (Å²) in [6, 6.07) is 13.4. The van der Waals surface area contributed by atoms with Crippen molar-refractivity contribution in [2.24, 2.45) is 0 Å². The van der Waals surface area contributed by atoms with Crippen LogP contribution >= 0.6 is 11.6 Å². The standard InChI is InChI=1S/C19H16ClN5O/c1-11-7-6-10-16(12(11)2)25-13(3)17(22-24-25)19-21-18(23-26-19)14-8-4-5-9-15(14)20/h4-10H,1-3H3. The number of aryl methyl sites for hydroxylation is 1. The molecule has 2 aromatic heterocycles. The van der Waals surface area contributed by atoms with Crippen LogP contribution in [0.1, 0.15) is 16.8 Å². The summed E-state index contributed by atoms with van der Waals surface area (Å²) in [4.78, 5) is 4.44. The number of hydrogen-bond donors (Lipinski definition) is 0. The molecule has 0 atom stereocenters. The van der Waals surface area contributed by atoms with E-state index in [9.17, 15) is 0 Å². The lowest BCUT2D eigenvalue weighted by atomic mass is 10.1. The van der Waals surface area contributed by atoms with Crippen LogP contribution in [0.3, 0.4) is 0 Å². The molecule has 4 rings (SSSR count). The van der Waals surface area contributed by atoms with E-state index in [4.69, 9.17) is 16.1 Å². The minimum atomic E-state index is 0.314. The van der Waals surface area contributed by atoms with Gasteiger partial charge in [-0.1, -0.05) is 46.2 Å². The van der Waals surface area contributed by atoms with Crippen LogP contribution < -0.4 is 0 Å². The first-order valence-corrected chi connectivity index (χ1v) is 8.52. The molecule has 0 aliphatic rings. The molecule has 6 nitrogen and oxygen atoms in total. The summed E-state index contributed by atoms with van der Waals surface area (Å²) in [6.45, 7) is 6.06. The van der Waals surface area contributed by atoms with Crippen LogP contribution in [0, 0.1) is 20.8 Å². The predicted octanol–water partition coefficient (Wildman–Crippen LogP) is 4.56. The molecule has 7 heteroatoms. The van der Waals surface area contributed by atoms with Crippen molar-refractivity contribution >= 4 is 11.6 Å². The van der Waals surface area contributed by atoms with Crippen LogP contribution in [0.4, 0.5) is 0 Å². The van der Waals surface area contributed by atoms with Gasteiger partial charge in [0.15, 0.2) is 5.69 Å². The molecular weight excluding hydrogens is 350 g/mol. The molecule has 130 valence electrons. The topological polar surface area (TPSA) is 69.6 Å². The fourth-order valence-corrected chi connectivity index (χ4v) is 3.01. The number of hydrogen-bond acceptors (Lipinski definition) is 5. The molecule has 0 aliphatic heterocycles. The summed E-state index contributed by atoms with van der Waals surface area (Å²) >= 11 is 6.21. The zero-order valence-electron chi connectivity index (χ0n) is 14.6. The first-order chi connectivity index (χ1) is 12.6. The van der Waals surface area contributed by atoms with Crippen molar-refractivity contribution in [2.45, 2.75) is 20.8 Å². The quantitative estimate of drug-likeness (QED) is 0.532. The van der Waals surface area contributed by atoms with Crippen molar-refractivity contribution in [1.82, 2.24) is 25.1 Å². The molecule has 0 saturated heterocycles. The van der Waals surface area contributed by atoms with Crippen LogP contribution in [0.15, 0.2) is 47.0 Å². The molecule has 0 N–H and O–H groups in total. The van der Waals surface area contributed by atoms with Gasteiger partial charge < -0.3 is 4.52 Å². The van der Waals surface area contributed by atoms with E-state index in [1.807, 2.05) is 37.3 Å². The Morgan fingerprint density at radius 3 is 2.62 bits per heavy atom. The summed E-state index contributed by atoms with van der Waals surface area (Å²) in [7, 11) is 0. The van der Waals surface area contributed by atoms with E-state index in [0.717, 1.165) is 16.9 Å². The normalized spacial score (nSPS) is 11.1. The lowest BCUT2D eigenvalue weighted by Gasteiger charge is -2.09. The van der Waals surface area contributed by atoms with Crippen LogP contribution in [0.5, 0.6) is 0 Å². The van der Waals surface area contributed by atoms with Crippen LogP contribution in [-0.2, 0) is 0 Å². The molecule has 0 radical (unpaired) electrons. The van der Waals surface area contributed by atoms with Gasteiger partial charge in [-0.05, 0) is 50.1 Å². The minimum Gasteiger partial charge on any atom is -0.332 e. The van der Waals surface area contributed by atoms with Crippen molar-refractivity contribution in [2.75, 3.05) is 0 Å². The van der Waals surface area contributed by atoms with Gasteiger partial charge in [0.2, 0.25) is 5.82 Å². The highest BCUT2D eigenvalue weighted by Crippen LogP contribution is 2.28. The number of aromatic nitrogens is 5. The van der Waals surface area contributed by atoms with Gasteiger partial charge in [-0.3, -0.25) is 0 Å². The van der Waals surface area contributed by atoms with Gasteiger partial charge in [0.1, 0.15) is 0 Å². The molecule has 0 fully saturated rings. The van der Waals surface area contributed by atoms with E-state index in [-0.39, 0.29) is 0 Å². The fourth-order valence-electron chi connectivity index (χ4n) is 2.79. The van der Waals surface area contributed by atoms with E-state index in [1.165, 1.54) is 5.56 Å². The summed E-state index contributed by atoms with van der Waals surface area (Å²) in [5.74, 6) is 0.736. The third kappa shape index (κ3) is 2.68. The molecule has 0 aliphatic carbocycles. The lowest BCUT2D eigenvalue weighted by molar-refractivity contribution is 0.430. The zero-order valence-corrected chi connectivity index (χ0v) is 15.3. The van der Waals surface area contributed by atoms with Gasteiger partial charge in [-0.15, -0.1) is 5.10 Å². The second-order valence-electron chi connectivity index (χ2n) is 6.06. The number of nitrogens with zero attached hydrogens (tertiary/aromatic N) is 5. The highest BCUT2D eigenvalue weighted by Gasteiger charge is 2.20. The Morgan fingerprint density at radius 1 is 1.00 bits per heavy atom. The molecule has 0 saturated carbocycles. The zero-order chi connectivity index (χ0) is 18.3. The first-order valence-electron chi connectivity index (χ1n) is 8.14. The van der Waals surface area contributed by atoms with E-state index in [2.05, 4.69) is 40.4 Å². The predicted molar refractivity (Wildman–Crippen MR) is 99.3 cm³/mol. The van der Waals surface area contributed by atoms with E-state index < -0.39 is 0 Å². The van der Waals surface area contributed by atoms with E-state index in [1.54, 1.807) is 10.7 Å². The molecule has 0 amide bonds. The van der Waals surface area contributed by atoms with E-state index >= 15 is 0 Å². The van der Waals surface area contributed by atoms with Gasteiger partial charge >= 0.3 is 0 Å². The molecule has 4 aromatic rings. The third-order valence-corrected chi connectivity index (χ3v) is 4.77. The Morgan fingerprint density at radius 2 is 1.81 bits per heavy atom. The maximum atomic E-state index is 6.21. The van der Waals surface area contributed by atoms with Gasteiger partial charge in [-0.2, -0.15) is 4.98 Å². The second kappa shape index (κ2) is 6.38. The van der Waals surface area contributed by atoms with Crippen molar-refractivity contribution in [3.63, 3.8) is 0 Å². The Hall–Kier alpha value is -2.99. The lowest BCUT2D eigenvalue weighted by Crippen LogP contribution is -2.02. The highest BCUT2D eigenvalue weighted by atomic mass is 35.5. The first kappa shape index (κ1) is 16.5. The van der Waals surface area contributed by atoms with Crippen LogP contribution in [-0.4, -0.2) is 25.1 Å². The number of rotatable bonds is 3. The monoisotopic (exact) mass is 365 g/mol. The Bertz CT molecular complexity index is 1100. The van der Waals surface area contributed by atoms with Crippen molar-refractivity contribution in [1.29, 1.82) is 0 Å². The molecule has 0 unspecified atom stereocenters. The summed E-state index contributed by atoms with van der Waals surface area (Å²) in [5.41, 5.74) is 5.41. The molecular formula is C19H16ClN5O. The third-order valence-electron chi connectivity index (χ3n) is 4.44. The smallest absolute Gasteiger partial charge is 0.280 e. The maximum absolute atomic E-state index is 6.21. The Kier molecular flexibility index (Phi) is 4.05. The average Bonchev–Trinajstić information content (AvgIpc) is 3.25. The Balaban J connectivity index is 1.76. The van der Waals surface area contributed by atoms with Gasteiger partial charge in [0.05, 0.1) is 16.4 Å². The van der Waals surface area contributed by atoms with Crippen molar-refractivity contribution < 1.29 is 4.52 Å². The van der Waals surface area contributed by atoms with Crippen molar-refractivity contribution in [3.05, 3.63) is 64.3 Å². The van der Waals surface area contributed by atoms with Crippen LogP contribution in [0.2, 0.25) is 5.02 Å². The largest absolute Gasteiger partial charge is 0.332 e. The SMILES string of the molecule is Cc1cccc(-n2nnc(-c3nc(-c4ccccc4Cl)no3)c2C)c1C. The molecule has 0 spiro atoms. The van der Waals surface area contributed by atoms with Crippen LogP contribution in [0.25, 0.3) is 28.7 Å². The van der Waals surface area contributed by atoms with Gasteiger partial charge in [0, 0.05) is 5.56 Å². The average molecular weight is 366 g/mol. The molecule has 26 heavy (non-hydrogen) atoms. The molecule has 2 aromatic carbocycles. The Labute approximate surface area is 155 Å². The summed E-state index contributed by atoms with van der Waals surface area (Å²) in [6.07, 6.45) is 0. The van der Waals surface area contributed by atoms with E-state index in [0.29, 0.717) is 28.0 Å². The van der Waals surface area contributed by atoms with Gasteiger partial charge in [-0.25, -0.2) is 4.68 Å². The fraction of sp³-hybridized carbons (Fsp3) is 0.158. The number of halogens is 1. The van der Waals surface area contributed by atoms with Gasteiger partial charge in [0.25, 0.3) is 5.89 Å². The van der Waals surface area contributed by atoms with Crippen molar-refractivity contribution in [3.8, 4) is 28.7 Å². The number of benzene rings is 2. The summed E-state index contributed by atoms with van der Waals surface area (Å²) < 4.78 is 7.20. The summed E-state index contributed by atoms with van der Waals surface area (Å²) in [5, 5.41) is 13.1. The molecule has 0 bridgehead atoms. The molecule has 2 heterocycles. The minimum absolute atomic E-state index is 0.314. The maximum Gasteiger partial charge on any atom is 0.280 e. The highest BCUT2D eigenvalue weighted by molar-refractivity contribution is 6.33. The second-order valence-corrected chi connectivity index (χ2v) is 6.46.